The van der Waals surface area contributed by atoms with E-state index in [1.54, 1.807) is 6.07 Å². The third-order valence-electron chi connectivity index (χ3n) is 7.92. The summed E-state index contributed by atoms with van der Waals surface area (Å²) in [5.74, 6) is -1.34. The summed E-state index contributed by atoms with van der Waals surface area (Å²) in [5.41, 5.74) is 1.10. The zero-order valence-electron chi connectivity index (χ0n) is 25.2. The van der Waals surface area contributed by atoms with Crippen molar-refractivity contribution in [2.75, 3.05) is 18.0 Å². The maximum Gasteiger partial charge on any atom is 0.261 e. The van der Waals surface area contributed by atoms with Crippen LogP contribution in [0.4, 0.5) is 10.1 Å². The number of morpholine rings is 1. The molecule has 2 atom stereocenters. The standard InChI is InChI=1S/C34H37ClFN3O3Si/c1-23-19-39(20-24(2)42-23)32-25(18-28(31(36)30(32)35)33(40)29-16-17-37-22-38-29)21-41-43(34(3,4)5,26-12-8-6-9-13-26)27-14-10-7-11-15-27/h6-18,22-24H,19-21H2,1-5H3/t23-,24+. The molecule has 1 saturated heterocycles. The molecule has 0 unspecified atom stereocenters. The number of ketones is 1. The van der Waals surface area contributed by atoms with Gasteiger partial charge in [0, 0.05) is 24.8 Å². The molecule has 43 heavy (non-hydrogen) atoms. The Balaban J connectivity index is 1.68. The Morgan fingerprint density at radius 3 is 2.12 bits per heavy atom. The van der Waals surface area contributed by atoms with Crippen molar-refractivity contribution in [3.63, 3.8) is 0 Å². The summed E-state index contributed by atoms with van der Waals surface area (Å²) in [6.07, 6.45) is 2.55. The van der Waals surface area contributed by atoms with E-state index < -0.39 is 19.9 Å². The van der Waals surface area contributed by atoms with E-state index in [-0.39, 0.29) is 40.1 Å². The van der Waals surface area contributed by atoms with Crippen molar-refractivity contribution in [2.24, 2.45) is 0 Å². The Kier molecular flexibility index (Phi) is 9.13. The highest BCUT2D eigenvalue weighted by Gasteiger charge is 2.50. The highest BCUT2D eigenvalue weighted by Crippen LogP contribution is 2.41. The van der Waals surface area contributed by atoms with Crippen molar-refractivity contribution in [3.05, 3.63) is 113 Å². The first-order valence-corrected chi connectivity index (χ1v) is 16.8. The topological polar surface area (TPSA) is 64.5 Å². The van der Waals surface area contributed by atoms with Crippen LogP contribution in [0.1, 0.15) is 56.2 Å². The Labute approximate surface area is 259 Å². The SMILES string of the molecule is C[C@@H]1CN(c2c(CO[Si](c3ccccc3)(c3ccccc3)C(C)(C)C)cc(C(=O)c3ccncn3)c(F)c2Cl)C[C@H](C)O1. The number of nitrogens with zero attached hydrogens (tertiary/aromatic N) is 3. The Bertz CT molecular complexity index is 1520. The van der Waals surface area contributed by atoms with Crippen molar-refractivity contribution in [2.45, 2.75) is 58.5 Å². The van der Waals surface area contributed by atoms with Gasteiger partial charge < -0.3 is 14.1 Å². The fourth-order valence-electron chi connectivity index (χ4n) is 6.16. The average molecular weight is 618 g/mol. The van der Waals surface area contributed by atoms with Gasteiger partial charge in [0.15, 0.2) is 5.82 Å². The predicted octanol–water partition coefficient (Wildman–Crippen LogP) is 6.19. The quantitative estimate of drug-likeness (QED) is 0.174. The number of aromatic nitrogens is 2. The van der Waals surface area contributed by atoms with E-state index in [4.69, 9.17) is 20.8 Å². The molecule has 1 aromatic heterocycles. The summed E-state index contributed by atoms with van der Waals surface area (Å²) in [5, 5.41) is 1.85. The molecule has 0 saturated carbocycles. The summed E-state index contributed by atoms with van der Waals surface area (Å²) < 4.78 is 29.2. The van der Waals surface area contributed by atoms with Gasteiger partial charge in [-0.1, -0.05) is 93.0 Å². The second-order valence-corrected chi connectivity index (χ2v) is 16.8. The molecular weight excluding hydrogens is 581 g/mol. The molecule has 1 aliphatic heterocycles. The number of carbonyl (C=O) groups excluding carboxylic acids is 1. The molecule has 0 aliphatic carbocycles. The number of halogens is 2. The summed E-state index contributed by atoms with van der Waals surface area (Å²) in [6.45, 7) is 11.7. The minimum absolute atomic E-state index is 0.0874. The van der Waals surface area contributed by atoms with Crippen molar-refractivity contribution in [3.8, 4) is 0 Å². The lowest BCUT2D eigenvalue weighted by molar-refractivity contribution is -0.00532. The van der Waals surface area contributed by atoms with Gasteiger partial charge in [-0.15, -0.1) is 0 Å². The van der Waals surface area contributed by atoms with Crippen LogP contribution in [0.3, 0.4) is 0 Å². The van der Waals surface area contributed by atoms with Crippen LogP contribution in [0.15, 0.2) is 85.3 Å². The molecular formula is C34H37ClFN3O3Si. The van der Waals surface area contributed by atoms with Gasteiger partial charge in [0.1, 0.15) is 17.0 Å². The van der Waals surface area contributed by atoms with Gasteiger partial charge in [-0.2, -0.15) is 0 Å². The van der Waals surface area contributed by atoms with E-state index in [1.807, 2.05) is 55.1 Å². The molecule has 0 spiro atoms. The number of hydrogen-bond acceptors (Lipinski definition) is 6. The zero-order chi connectivity index (χ0) is 30.8. The van der Waals surface area contributed by atoms with Gasteiger partial charge in [-0.3, -0.25) is 4.79 Å². The van der Waals surface area contributed by atoms with Gasteiger partial charge in [0.25, 0.3) is 8.32 Å². The summed E-state index contributed by atoms with van der Waals surface area (Å²) in [7, 11) is -2.96. The lowest BCUT2D eigenvalue weighted by atomic mass is 10.0. The summed E-state index contributed by atoms with van der Waals surface area (Å²) in [6, 6.07) is 23.7. The Hall–Kier alpha value is -3.43. The maximum atomic E-state index is 16.0. The van der Waals surface area contributed by atoms with E-state index in [0.717, 1.165) is 10.4 Å². The monoisotopic (exact) mass is 617 g/mol. The third kappa shape index (κ3) is 6.15. The molecule has 224 valence electrons. The number of carbonyl (C=O) groups is 1. The summed E-state index contributed by atoms with van der Waals surface area (Å²) in [4.78, 5) is 23.5. The van der Waals surface area contributed by atoms with Crippen LogP contribution in [-0.2, 0) is 15.8 Å². The molecule has 5 rings (SSSR count). The highest BCUT2D eigenvalue weighted by molar-refractivity contribution is 6.99. The van der Waals surface area contributed by atoms with Crippen molar-refractivity contribution in [1.82, 2.24) is 9.97 Å². The van der Waals surface area contributed by atoms with Crippen LogP contribution in [0, 0.1) is 5.82 Å². The third-order valence-corrected chi connectivity index (χ3v) is 13.2. The molecule has 0 radical (unpaired) electrons. The Morgan fingerprint density at radius 2 is 1.60 bits per heavy atom. The summed E-state index contributed by atoms with van der Waals surface area (Å²) >= 11 is 6.85. The van der Waals surface area contributed by atoms with E-state index in [1.165, 1.54) is 18.6 Å². The van der Waals surface area contributed by atoms with Gasteiger partial charge in [-0.25, -0.2) is 14.4 Å². The van der Waals surface area contributed by atoms with Gasteiger partial charge in [0.2, 0.25) is 5.78 Å². The van der Waals surface area contributed by atoms with E-state index in [0.29, 0.717) is 24.3 Å². The van der Waals surface area contributed by atoms with Crippen LogP contribution < -0.4 is 15.3 Å². The maximum absolute atomic E-state index is 16.0. The molecule has 1 fully saturated rings. The fourth-order valence-corrected chi connectivity index (χ4v) is 11.0. The smallest absolute Gasteiger partial charge is 0.261 e. The van der Waals surface area contributed by atoms with Crippen LogP contribution in [0.2, 0.25) is 10.1 Å². The Morgan fingerprint density at radius 1 is 1.02 bits per heavy atom. The molecule has 4 aromatic rings. The normalized spacial score (nSPS) is 17.6. The first-order chi connectivity index (χ1) is 20.5. The number of rotatable bonds is 8. The second kappa shape index (κ2) is 12.7. The lowest BCUT2D eigenvalue weighted by Crippen LogP contribution is -2.66. The van der Waals surface area contributed by atoms with Gasteiger partial charge in [-0.05, 0) is 41.4 Å². The number of benzene rings is 3. The van der Waals surface area contributed by atoms with Crippen LogP contribution in [0.5, 0.6) is 0 Å². The number of hydrogen-bond donors (Lipinski definition) is 0. The molecule has 3 aromatic carbocycles. The number of ether oxygens (including phenoxy) is 1. The molecule has 6 nitrogen and oxygen atoms in total. The average Bonchev–Trinajstić information content (AvgIpc) is 2.99. The molecule has 0 N–H and O–H groups in total. The predicted molar refractivity (Wildman–Crippen MR) is 172 cm³/mol. The molecule has 2 heterocycles. The zero-order valence-corrected chi connectivity index (χ0v) is 26.9. The van der Waals surface area contributed by atoms with Crippen molar-refractivity contribution in [1.29, 1.82) is 0 Å². The molecule has 0 amide bonds. The molecule has 1 aliphatic rings. The van der Waals surface area contributed by atoms with Crippen LogP contribution in [-0.4, -0.2) is 49.4 Å². The second-order valence-electron chi connectivity index (χ2n) is 12.1. The van der Waals surface area contributed by atoms with Gasteiger partial charge in [0.05, 0.1) is 30.1 Å². The van der Waals surface area contributed by atoms with Crippen molar-refractivity contribution >= 4 is 41.8 Å². The lowest BCUT2D eigenvalue weighted by Gasteiger charge is -2.43. The minimum atomic E-state index is -2.96. The first kappa shape index (κ1) is 31.0. The van der Waals surface area contributed by atoms with E-state index in [2.05, 4.69) is 55.0 Å². The fraction of sp³-hybridized carbons (Fsp3) is 0.324. The first-order valence-electron chi connectivity index (χ1n) is 14.5. The highest BCUT2D eigenvalue weighted by atomic mass is 35.5. The largest absolute Gasteiger partial charge is 0.403 e. The minimum Gasteiger partial charge on any atom is -0.403 e. The molecule has 9 heteroatoms. The van der Waals surface area contributed by atoms with Crippen molar-refractivity contribution < 1.29 is 18.3 Å². The van der Waals surface area contributed by atoms with Crippen LogP contribution >= 0.6 is 11.6 Å². The van der Waals surface area contributed by atoms with E-state index in [9.17, 15) is 4.79 Å². The molecule has 0 bridgehead atoms. The number of anilines is 1. The van der Waals surface area contributed by atoms with Gasteiger partial charge >= 0.3 is 0 Å². The van der Waals surface area contributed by atoms with Crippen LogP contribution in [0.25, 0.3) is 0 Å². The van der Waals surface area contributed by atoms with E-state index >= 15 is 4.39 Å².